The number of fused-ring (bicyclic) bond motifs is 1. The molecule has 1 saturated heterocycles. The van der Waals surface area contributed by atoms with Gasteiger partial charge in [-0.3, -0.25) is 4.79 Å². The van der Waals surface area contributed by atoms with Gasteiger partial charge in [-0.15, -0.1) is 0 Å². The molecule has 0 radical (unpaired) electrons. The first-order valence-corrected chi connectivity index (χ1v) is 12.1. The van der Waals surface area contributed by atoms with E-state index in [1.165, 1.54) is 0 Å². The first-order valence-electron chi connectivity index (χ1n) is 10.4. The number of ether oxygens (including phenoxy) is 1. The molecule has 2 heterocycles. The molecule has 0 spiro atoms. The number of amides is 1. The smallest absolute Gasteiger partial charge is 0.254 e. The highest BCUT2D eigenvalue weighted by atomic mass is 32.2. The average Bonchev–Trinajstić information content (AvgIpc) is 3.40. The second-order valence-corrected chi connectivity index (χ2v) is 10.5. The van der Waals surface area contributed by atoms with Gasteiger partial charge >= 0.3 is 0 Å². The van der Waals surface area contributed by atoms with Crippen LogP contribution in [0.5, 0.6) is 5.75 Å². The molecule has 0 bridgehead atoms. The van der Waals surface area contributed by atoms with Crippen LogP contribution in [0.3, 0.4) is 0 Å². The number of likely N-dealkylation sites (tertiary alicyclic amines) is 1. The molecule has 4 rings (SSSR count). The molecule has 1 saturated carbocycles. The second kappa shape index (κ2) is 7.90. The number of carbonyl (C=O) groups excluding carboxylic acids is 1. The van der Waals surface area contributed by atoms with E-state index in [4.69, 9.17) is 9.26 Å². The molecule has 168 valence electrons. The van der Waals surface area contributed by atoms with Crippen LogP contribution < -0.4 is 9.46 Å². The lowest BCUT2D eigenvalue weighted by Crippen LogP contribution is -2.40. The van der Waals surface area contributed by atoms with E-state index in [0.29, 0.717) is 49.0 Å². The van der Waals surface area contributed by atoms with Crippen molar-refractivity contribution in [2.45, 2.75) is 45.1 Å². The lowest BCUT2D eigenvalue weighted by atomic mass is 9.80. The number of carbonyl (C=O) groups is 1. The van der Waals surface area contributed by atoms with Crippen molar-refractivity contribution in [1.82, 2.24) is 19.8 Å². The van der Waals surface area contributed by atoms with Gasteiger partial charge in [0.05, 0.1) is 18.3 Å². The van der Waals surface area contributed by atoms with Crippen molar-refractivity contribution in [3.63, 3.8) is 0 Å². The van der Waals surface area contributed by atoms with Crippen LogP contribution in [0.15, 0.2) is 22.7 Å². The van der Waals surface area contributed by atoms with Crippen molar-refractivity contribution in [2.75, 3.05) is 26.0 Å². The summed E-state index contributed by atoms with van der Waals surface area (Å²) in [5.74, 6) is 1.64. The van der Waals surface area contributed by atoms with E-state index in [0.717, 1.165) is 5.56 Å². The fourth-order valence-electron chi connectivity index (χ4n) is 5.02. The summed E-state index contributed by atoms with van der Waals surface area (Å²) >= 11 is 0. The molecule has 2 aromatic rings. The van der Waals surface area contributed by atoms with E-state index in [2.05, 4.69) is 14.9 Å². The standard InChI is InChI=1S/C21H28N4O5S/c1-5-31(27,28)24-16-9-15-11-25(12-21(15,10-16)20-22-14(3)23-30-20)19(26)17-7-6-8-18(29-4)13(17)2/h6-8,15-16,24H,5,9-12H2,1-4H3. The van der Waals surface area contributed by atoms with Gasteiger partial charge in [0.25, 0.3) is 5.91 Å². The van der Waals surface area contributed by atoms with E-state index in [-0.39, 0.29) is 23.6 Å². The summed E-state index contributed by atoms with van der Waals surface area (Å²) < 4.78 is 38.0. The van der Waals surface area contributed by atoms with E-state index in [9.17, 15) is 13.2 Å². The number of sulfonamides is 1. The third-order valence-corrected chi connectivity index (χ3v) is 8.03. The van der Waals surface area contributed by atoms with Crippen molar-refractivity contribution in [2.24, 2.45) is 5.92 Å². The zero-order valence-corrected chi connectivity index (χ0v) is 19.0. The summed E-state index contributed by atoms with van der Waals surface area (Å²) in [5.41, 5.74) is 0.827. The van der Waals surface area contributed by atoms with E-state index in [1.807, 2.05) is 24.0 Å². The van der Waals surface area contributed by atoms with Crippen molar-refractivity contribution in [1.29, 1.82) is 0 Å². The summed E-state index contributed by atoms with van der Waals surface area (Å²) in [5, 5.41) is 3.95. The van der Waals surface area contributed by atoms with Gasteiger partial charge < -0.3 is 14.2 Å². The molecule has 10 heteroatoms. The number of nitrogens with zero attached hydrogens (tertiary/aromatic N) is 3. The molecule has 1 aliphatic heterocycles. The minimum atomic E-state index is -3.33. The molecular formula is C21H28N4O5S. The van der Waals surface area contributed by atoms with Crippen molar-refractivity contribution in [3.05, 3.63) is 41.0 Å². The molecule has 2 fully saturated rings. The first-order chi connectivity index (χ1) is 14.7. The van der Waals surface area contributed by atoms with Crippen LogP contribution in [-0.4, -0.2) is 61.4 Å². The van der Waals surface area contributed by atoms with E-state index >= 15 is 0 Å². The van der Waals surface area contributed by atoms with E-state index in [1.54, 1.807) is 27.0 Å². The van der Waals surface area contributed by atoms with Gasteiger partial charge in [0.2, 0.25) is 15.9 Å². The molecule has 1 aromatic heterocycles. The largest absolute Gasteiger partial charge is 0.496 e. The SMILES string of the molecule is CCS(=O)(=O)NC1CC2CN(C(=O)c3cccc(OC)c3C)CC2(c2nc(C)no2)C1. The zero-order valence-electron chi connectivity index (χ0n) is 18.2. The van der Waals surface area contributed by atoms with Crippen LogP contribution in [0.2, 0.25) is 0 Å². The van der Waals surface area contributed by atoms with Gasteiger partial charge in [0.15, 0.2) is 5.82 Å². The summed E-state index contributed by atoms with van der Waals surface area (Å²) in [4.78, 5) is 19.7. The van der Waals surface area contributed by atoms with Gasteiger partial charge in [-0.1, -0.05) is 11.2 Å². The Morgan fingerprint density at radius 2 is 2.16 bits per heavy atom. The minimum absolute atomic E-state index is 0.0202. The molecule has 3 unspecified atom stereocenters. The third-order valence-electron chi connectivity index (χ3n) is 6.58. The van der Waals surface area contributed by atoms with Gasteiger partial charge in [0.1, 0.15) is 5.75 Å². The van der Waals surface area contributed by atoms with Crippen molar-refractivity contribution in [3.8, 4) is 5.75 Å². The third kappa shape index (κ3) is 3.82. The van der Waals surface area contributed by atoms with Gasteiger partial charge in [0, 0.05) is 30.3 Å². The Labute approximate surface area is 182 Å². The summed E-state index contributed by atoms with van der Waals surface area (Å²) in [7, 11) is -1.75. The highest BCUT2D eigenvalue weighted by molar-refractivity contribution is 7.89. The monoisotopic (exact) mass is 448 g/mol. The maximum absolute atomic E-state index is 13.4. The van der Waals surface area contributed by atoms with Crippen LogP contribution in [0.1, 0.15) is 47.4 Å². The quantitative estimate of drug-likeness (QED) is 0.717. The molecule has 1 aromatic carbocycles. The highest BCUT2D eigenvalue weighted by Crippen LogP contribution is 2.50. The van der Waals surface area contributed by atoms with Crippen LogP contribution in [0.25, 0.3) is 0 Å². The average molecular weight is 449 g/mol. The first kappa shape index (κ1) is 21.8. The number of aryl methyl sites for hydroxylation is 1. The van der Waals surface area contributed by atoms with Gasteiger partial charge in [-0.2, -0.15) is 4.98 Å². The van der Waals surface area contributed by atoms with E-state index < -0.39 is 15.4 Å². The maximum atomic E-state index is 13.4. The van der Waals surface area contributed by atoms with Crippen LogP contribution in [0, 0.1) is 19.8 Å². The predicted octanol–water partition coefficient (Wildman–Crippen LogP) is 1.81. The number of hydrogen-bond acceptors (Lipinski definition) is 7. The lowest BCUT2D eigenvalue weighted by Gasteiger charge is -2.25. The zero-order chi connectivity index (χ0) is 22.4. The van der Waals surface area contributed by atoms with Crippen LogP contribution in [0.4, 0.5) is 0 Å². The number of methoxy groups -OCH3 is 1. The van der Waals surface area contributed by atoms with Gasteiger partial charge in [-0.05, 0) is 51.7 Å². The molecular weight excluding hydrogens is 420 g/mol. The van der Waals surface area contributed by atoms with Crippen molar-refractivity contribution < 1.29 is 22.5 Å². The van der Waals surface area contributed by atoms with Crippen LogP contribution in [-0.2, 0) is 15.4 Å². The van der Waals surface area contributed by atoms with Gasteiger partial charge in [-0.25, -0.2) is 13.1 Å². The Balaban J connectivity index is 1.64. The number of aromatic nitrogens is 2. The molecule has 1 aliphatic carbocycles. The molecule has 31 heavy (non-hydrogen) atoms. The Bertz CT molecular complexity index is 1100. The number of benzene rings is 1. The maximum Gasteiger partial charge on any atom is 0.254 e. The van der Waals surface area contributed by atoms with Crippen molar-refractivity contribution >= 4 is 15.9 Å². The summed E-state index contributed by atoms with van der Waals surface area (Å²) in [6, 6.07) is 5.22. The minimum Gasteiger partial charge on any atom is -0.496 e. The highest BCUT2D eigenvalue weighted by Gasteiger charge is 2.58. The Hall–Kier alpha value is -2.46. The number of hydrogen-bond donors (Lipinski definition) is 1. The fourth-order valence-corrected chi connectivity index (χ4v) is 5.88. The Morgan fingerprint density at radius 3 is 2.81 bits per heavy atom. The topological polar surface area (TPSA) is 115 Å². The molecule has 2 aliphatic rings. The Kier molecular flexibility index (Phi) is 5.55. The van der Waals surface area contributed by atoms with Crippen LogP contribution >= 0.6 is 0 Å². The second-order valence-electron chi connectivity index (χ2n) is 8.48. The fraction of sp³-hybridized carbons (Fsp3) is 0.571. The molecule has 1 N–H and O–H groups in total. The Morgan fingerprint density at radius 1 is 1.39 bits per heavy atom. The summed E-state index contributed by atoms with van der Waals surface area (Å²) in [6.07, 6.45) is 1.13. The molecule has 3 atom stereocenters. The molecule has 9 nitrogen and oxygen atoms in total. The predicted molar refractivity (Wildman–Crippen MR) is 113 cm³/mol. The molecule has 1 amide bonds. The number of nitrogens with one attached hydrogen (secondary N) is 1. The summed E-state index contributed by atoms with van der Waals surface area (Å²) in [6.45, 7) is 6.14. The lowest BCUT2D eigenvalue weighted by molar-refractivity contribution is 0.0772. The normalized spacial score (nSPS) is 25.6. The number of rotatable bonds is 6.